The molecule has 0 aliphatic carbocycles. The van der Waals surface area contributed by atoms with Crippen molar-refractivity contribution in [3.05, 3.63) is 36.3 Å². The van der Waals surface area contributed by atoms with E-state index in [9.17, 15) is 0 Å². The van der Waals surface area contributed by atoms with Gasteiger partial charge in [-0.25, -0.2) is 4.98 Å². The minimum Gasteiger partial charge on any atom is -0.496 e. The van der Waals surface area contributed by atoms with Crippen LogP contribution in [0.4, 0.5) is 0 Å². The summed E-state index contributed by atoms with van der Waals surface area (Å²) in [5, 5.41) is 0. The minimum absolute atomic E-state index is 0.870. The number of rotatable bonds is 2. The largest absolute Gasteiger partial charge is 0.496 e. The lowest BCUT2D eigenvalue weighted by Gasteiger charge is -2.09. The van der Waals surface area contributed by atoms with Crippen LogP contribution in [0.3, 0.4) is 0 Å². The van der Waals surface area contributed by atoms with Crippen molar-refractivity contribution < 1.29 is 4.74 Å². The number of ether oxygens (including phenoxy) is 1. The molecule has 0 atom stereocenters. The van der Waals surface area contributed by atoms with Gasteiger partial charge in [0.2, 0.25) is 0 Å². The minimum atomic E-state index is 0.870. The fourth-order valence-electron chi connectivity index (χ4n) is 1.55. The van der Waals surface area contributed by atoms with E-state index in [0.717, 1.165) is 17.0 Å². The monoisotopic (exact) mass is 188 g/mol. The average molecular weight is 188 g/mol. The summed E-state index contributed by atoms with van der Waals surface area (Å²) < 4.78 is 5.30. The van der Waals surface area contributed by atoms with Gasteiger partial charge in [0.1, 0.15) is 5.75 Å². The quantitative estimate of drug-likeness (QED) is 0.785. The van der Waals surface area contributed by atoms with Gasteiger partial charge in [0, 0.05) is 5.56 Å². The van der Waals surface area contributed by atoms with Crippen molar-refractivity contribution in [1.29, 1.82) is 0 Å². The first-order valence-corrected chi connectivity index (χ1v) is 4.45. The van der Waals surface area contributed by atoms with E-state index < -0.39 is 0 Å². The number of nitrogens with zero attached hydrogens (tertiary/aromatic N) is 1. The fourth-order valence-corrected chi connectivity index (χ4v) is 1.55. The van der Waals surface area contributed by atoms with Crippen molar-refractivity contribution in [1.82, 2.24) is 9.97 Å². The molecule has 0 saturated carbocycles. The summed E-state index contributed by atoms with van der Waals surface area (Å²) in [4.78, 5) is 7.08. The fraction of sp³-hybridized carbons (Fsp3) is 0.182. The van der Waals surface area contributed by atoms with Crippen molar-refractivity contribution in [3.8, 4) is 17.0 Å². The molecule has 2 rings (SSSR count). The number of imidazole rings is 1. The zero-order chi connectivity index (χ0) is 9.97. The number of methoxy groups -OCH3 is 1. The highest BCUT2D eigenvalue weighted by Crippen LogP contribution is 2.30. The molecule has 2 aromatic rings. The summed E-state index contributed by atoms with van der Waals surface area (Å²) in [5.74, 6) is 0.870. The summed E-state index contributed by atoms with van der Waals surface area (Å²) in [7, 11) is 1.68. The van der Waals surface area contributed by atoms with Crippen LogP contribution in [-0.4, -0.2) is 17.1 Å². The number of benzene rings is 1. The molecule has 0 amide bonds. The van der Waals surface area contributed by atoms with Crippen LogP contribution in [0.25, 0.3) is 11.3 Å². The van der Waals surface area contributed by atoms with Gasteiger partial charge in [0.05, 0.1) is 25.3 Å². The van der Waals surface area contributed by atoms with Crippen molar-refractivity contribution in [2.45, 2.75) is 6.92 Å². The van der Waals surface area contributed by atoms with E-state index in [1.165, 1.54) is 5.56 Å². The van der Waals surface area contributed by atoms with E-state index in [-0.39, 0.29) is 0 Å². The average Bonchev–Trinajstić information content (AvgIpc) is 2.70. The molecule has 0 saturated heterocycles. The summed E-state index contributed by atoms with van der Waals surface area (Å²) in [6, 6.07) is 5.98. The van der Waals surface area contributed by atoms with Crippen LogP contribution in [0, 0.1) is 6.92 Å². The maximum atomic E-state index is 5.30. The molecule has 1 N–H and O–H groups in total. The molecule has 0 spiro atoms. The standard InChI is InChI=1S/C11H12N2O/c1-8-4-3-5-10(14-2)11(8)9-6-12-7-13-9/h3-7H,1-2H3,(H,12,13). The Morgan fingerprint density at radius 2 is 2.21 bits per heavy atom. The Morgan fingerprint density at radius 3 is 2.86 bits per heavy atom. The molecule has 14 heavy (non-hydrogen) atoms. The van der Waals surface area contributed by atoms with Crippen molar-refractivity contribution in [3.63, 3.8) is 0 Å². The van der Waals surface area contributed by atoms with Crippen LogP contribution < -0.4 is 4.74 Å². The van der Waals surface area contributed by atoms with Gasteiger partial charge in [0.15, 0.2) is 0 Å². The molecule has 0 bridgehead atoms. The van der Waals surface area contributed by atoms with Gasteiger partial charge in [-0.1, -0.05) is 12.1 Å². The molecular formula is C11H12N2O. The molecule has 0 unspecified atom stereocenters. The SMILES string of the molecule is COc1cccc(C)c1-c1cnc[nH]1. The van der Waals surface area contributed by atoms with Gasteiger partial charge >= 0.3 is 0 Å². The molecule has 1 heterocycles. The lowest BCUT2D eigenvalue weighted by Crippen LogP contribution is -1.90. The smallest absolute Gasteiger partial charge is 0.128 e. The van der Waals surface area contributed by atoms with E-state index in [1.807, 2.05) is 12.1 Å². The molecule has 0 radical (unpaired) electrons. The Hall–Kier alpha value is -1.77. The van der Waals surface area contributed by atoms with E-state index >= 15 is 0 Å². The van der Waals surface area contributed by atoms with Crippen LogP contribution >= 0.6 is 0 Å². The van der Waals surface area contributed by atoms with E-state index in [4.69, 9.17) is 4.74 Å². The highest BCUT2D eigenvalue weighted by atomic mass is 16.5. The predicted molar refractivity (Wildman–Crippen MR) is 55.3 cm³/mol. The Kier molecular flexibility index (Phi) is 2.23. The van der Waals surface area contributed by atoms with Crippen LogP contribution in [0.15, 0.2) is 30.7 Å². The van der Waals surface area contributed by atoms with Gasteiger partial charge in [0.25, 0.3) is 0 Å². The number of aryl methyl sites for hydroxylation is 1. The molecule has 3 heteroatoms. The third-order valence-corrected chi connectivity index (χ3v) is 2.22. The van der Waals surface area contributed by atoms with Gasteiger partial charge in [-0.3, -0.25) is 0 Å². The molecule has 72 valence electrons. The predicted octanol–water partition coefficient (Wildman–Crippen LogP) is 2.39. The van der Waals surface area contributed by atoms with Crippen LogP contribution in [0.5, 0.6) is 5.75 Å². The van der Waals surface area contributed by atoms with E-state index in [2.05, 4.69) is 23.0 Å². The van der Waals surface area contributed by atoms with E-state index in [0.29, 0.717) is 0 Å². The molecule has 1 aromatic heterocycles. The number of aromatic amines is 1. The van der Waals surface area contributed by atoms with Gasteiger partial charge in [-0.05, 0) is 18.6 Å². The number of aromatic nitrogens is 2. The van der Waals surface area contributed by atoms with Crippen LogP contribution in [-0.2, 0) is 0 Å². The lowest BCUT2D eigenvalue weighted by atomic mass is 10.1. The topological polar surface area (TPSA) is 37.9 Å². The third kappa shape index (κ3) is 1.37. The van der Waals surface area contributed by atoms with Gasteiger partial charge < -0.3 is 9.72 Å². The number of H-pyrrole nitrogens is 1. The van der Waals surface area contributed by atoms with Crippen molar-refractivity contribution in [2.24, 2.45) is 0 Å². The van der Waals surface area contributed by atoms with Crippen molar-refractivity contribution >= 4 is 0 Å². The third-order valence-electron chi connectivity index (χ3n) is 2.22. The Labute approximate surface area is 82.8 Å². The number of nitrogens with one attached hydrogen (secondary N) is 1. The summed E-state index contributed by atoms with van der Waals surface area (Å²) in [6.07, 6.45) is 3.46. The first-order chi connectivity index (χ1) is 6.83. The summed E-state index contributed by atoms with van der Waals surface area (Å²) >= 11 is 0. The van der Waals surface area contributed by atoms with Gasteiger partial charge in [-0.2, -0.15) is 0 Å². The maximum absolute atomic E-state index is 5.30. The number of hydrogen-bond acceptors (Lipinski definition) is 2. The Bertz CT molecular complexity index is 421. The zero-order valence-electron chi connectivity index (χ0n) is 8.24. The molecule has 3 nitrogen and oxygen atoms in total. The van der Waals surface area contributed by atoms with Gasteiger partial charge in [-0.15, -0.1) is 0 Å². The van der Waals surface area contributed by atoms with Crippen LogP contribution in [0.1, 0.15) is 5.56 Å². The summed E-state index contributed by atoms with van der Waals surface area (Å²) in [6.45, 7) is 2.05. The Morgan fingerprint density at radius 1 is 1.36 bits per heavy atom. The lowest BCUT2D eigenvalue weighted by molar-refractivity contribution is 0.416. The highest BCUT2D eigenvalue weighted by molar-refractivity contribution is 5.70. The van der Waals surface area contributed by atoms with Crippen molar-refractivity contribution in [2.75, 3.05) is 7.11 Å². The molecule has 0 aliphatic rings. The molecule has 0 fully saturated rings. The first-order valence-electron chi connectivity index (χ1n) is 4.45. The zero-order valence-corrected chi connectivity index (χ0v) is 8.24. The summed E-state index contributed by atoms with van der Waals surface area (Å²) in [5.41, 5.74) is 3.24. The molecule has 0 aliphatic heterocycles. The second kappa shape index (κ2) is 3.54. The maximum Gasteiger partial charge on any atom is 0.128 e. The molecular weight excluding hydrogens is 176 g/mol. The second-order valence-electron chi connectivity index (χ2n) is 3.12. The molecule has 1 aromatic carbocycles. The normalized spacial score (nSPS) is 10.1. The van der Waals surface area contributed by atoms with E-state index in [1.54, 1.807) is 19.6 Å². The first kappa shape index (κ1) is 8.81. The number of hydrogen-bond donors (Lipinski definition) is 1. The van der Waals surface area contributed by atoms with Crippen LogP contribution in [0.2, 0.25) is 0 Å². The Balaban J connectivity index is 2.61. The highest BCUT2D eigenvalue weighted by Gasteiger charge is 2.08. The second-order valence-corrected chi connectivity index (χ2v) is 3.12.